The minimum atomic E-state index is -0.879. The number of aliphatic hydroxyl groups is 1. The molecule has 5 nitrogen and oxygen atoms in total. The maximum Gasteiger partial charge on any atom is 0.407 e. The third-order valence-corrected chi connectivity index (χ3v) is 4.02. The molecule has 0 radical (unpaired) electrons. The van der Waals surface area contributed by atoms with Crippen LogP contribution >= 0.6 is 0 Å². The van der Waals surface area contributed by atoms with E-state index in [1.807, 2.05) is 24.3 Å². The van der Waals surface area contributed by atoms with Crippen LogP contribution in [0.1, 0.15) is 18.0 Å². The lowest BCUT2D eigenvalue weighted by atomic mass is 9.83. The van der Waals surface area contributed by atoms with Gasteiger partial charge in [0.25, 0.3) is 0 Å². The van der Waals surface area contributed by atoms with Crippen LogP contribution in [0.25, 0.3) is 0 Å². The number of benzene rings is 1. The molecule has 1 fully saturated rings. The average Bonchev–Trinajstić information content (AvgIpc) is 2.83. The maximum atomic E-state index is 11.3. The van der Waals surface area contributed by atoms with E-state index in [0.717, 1.165) is 17.7 Å². The summed E-state index contributed by atoms with van der Waals surface area (Å²) >= 11 is 0. The van der Waals surface area contributed by atoms with Gasteiger partial charge in [-0.1, -0.05) is 18.2 Å². The summed E-state index contributed by atoms with van der Waals surface area (Å²) in [6.07, 6.45) is -0.0836. The van der Waals surface area contributed by atoms with E-state index in [9.17, 15) is 15.0 Å². The molecule has 0 bridgehead atoms. The van der Waals surface area contributed by atoms with Crippen LogP contribution in [0.15, 0.2) is 24.3 Å². The van der Waals surface area contributed by atoms with Crippen LogP contribution in [0.3, 0.4) is 0 Å². The molecule has 2 aliphatic rings. The summed E-state index contributed by atoms with van der Waals surface area (Å²) in [5.74, 6) is 0.154. The number of hydrogen-bond acceptors (Lipinski definition) is 3. The molecule has 1 aromatic rings. The van der Waals surface area contributed by atoms with Gasteiger partial charge in [-0.3, -0.25) is 0 Å². The monoisotopic (exact) mass is 248 g/mol. The maximum absolute atomic E-state index is 11.3. The molecule has 0 aliphatic carbocycles. The Kier molecular flexibility index (Phi) is 2.63. The van der Waals surface area contributed by atoms with Crippen molar-refractivity contribution in [2.24, 2.45) is 5.92 Å². The molecule has 2 heterocycles. The summed E-state index contributed by atoms with van der Waals surface area (Å²) in [7, 11) is 0. The molecule has 96 valence electrons. The first-order chi connectivity index (χ1) is 8.72. The number of amides is 1. The van der Waals surface area contributed by atoms with Crippen LogP contribution < -0.4 is 5.32 Å². The zero-order valence-corrected chi connectivity index (χ0v) is 9.91. The van der Waals surface area contributed by atoms with Gasteiger partial charge >= 0.3 is 6.09 Å². The number of para-hydroxylation sites is 1. The van der Waals surface area contributed by atoms with Crippen LogP contribution in [0.5, 0.6) is 0 Å². The summed E-state index contributed by atoms with van der Waals surface area (Å²) in [6, 6.07) is 7.56. The fourth-order valence-electron chi connectivity index (χ4n) is 3.22. The second-order valence-corrected chi connectivity index (χ2v) is 4.89. The summed E-state index contributed by atoms with van der Waals surface area (Å²) in [5.41, 5.74) is 1.96. The van der Waals surface area contributed by atoms with Crippen LogP contribution in [0.4, 0.5) is 10.5 Å². The fraction of sp³-hybridized carbons (Fsp3) is 0.462. The number of anilines is 1. The summed E-state index contributed by atoms with van der Waals surface area (Å²) < 4.78 is 0. The molecule has 1 amide bonds. The fourth-order valence-corrected chi connectivity index (χ4v) is 3.22. The van der Waals surface area contributed by atoms with E-state index in [-0.39, 0.29) is 24.6 Å². The molecule has 0 unspecified atom stereocenters. The van der Waals surface area contributed by atoms with E-state index in [0.29, 0.717) is 6.54 Å². The van der Waals surface area contributed by atoms with Crippen molar-refractivity contribution in [1.82, 2.24) is 4.90 Å². The highest BCUT2D eigenvalue weighted by Gasteiger charge is 2.45. The lowest BCUT2D eigenvalue weighted by Gasteiger charge is -2.38. The summed E-state index contributed by atoms with van der Waals surface area (Å²) in [4.78, 5) is 12.8. The van der Waals surface area contributed by atoms with Gasteiger partial charge in [0.2, 0.25) is 0 Å². The predicted octanol–water partition coefficient (Wildman–Crippen LogP) is 1.51. The number of hydrogen-bond donors (Lipinski definition) is 3. The van der Waals surface area contributed by atoms with Gasteiger partial charge in [-0.25, -0.2) is 4.79 Å². The van der Waals surface area contributed by atoms with Gasteiger partial charge in [0.1, 0.15) is 0 Å². The van der Waals surface area contributed by atoms with Crippen molar-refractivity contribution in [2.45, 2.75) is 18.5 Å². The number of likely N-dealkylation sites (tertiary alicyclic amines) is 1. The zero-order valence-electron chi connectivity index (χ0n) is 9.91. The normalized spacial score (nSPS) is 29.4. The topological polar surface area (TPSA) is 72.8 Å². The molecule has 0 saturated carbocycles. The van der Waals surface area contributed by atoms with Crippen molar-refractivity contribution in [2.75, 3.05) is 18.5 Å². The number of nitrogens with one attached hydrogen (secondary N) is 1. The largest absolute Gasteiger partial charge is 0.465 e. The zero-order chi connectivity index (χ0) is 12.7. The Morgan fingerprint density at radius 2 is 2.22 bits per heavy atom. The van der Waals surface area contributed by atoms with Crippen LogP contribution in [-0.4, -0.2) is 40.4 Å². The van der Waals surface area contributed by atoms with Crippen molar-refractivity contribution in [3.05, 3.63) is 29.8 Å². The number of nitrogens with zero attached hydrogens (tertiary/aromatic N) is 1. The number of fused-ring (bicyclic) bond motifs is 3. The molecular weight excluding hydrogens is 232 g/mol. The van der Waals surface area contributed by atoms with E-state index in [4.69, 9.17) is 0 Å². The standard InChI is InChI=1S/C13H16N2O3/c16-7-11-9-5-6-15(13(17)18)12(9)8-3-1-2-4-10(8)14-11/h1-4,9,11-12,14,16H,5-7H2,(H,17,18)/t9-,11+,12+/m1/s1. The van der Waals surface area contributed by atoms with E-state index >= 15 is 0 Å². The lowest BCUT2D eigenvalue weighted by Crippen LogP contribution is -2.42. The molecule has 18 heavy (non-hydrogen) atoms. The Balaban J connectivity index is 2.05. The second-order valence-electron chi connectivity index (χ2n) is 4.89. The Morgan fingerprint density at radius 1 is 1.44 bits per heavy atom. The molecule has 3 N–H and O–H groups in total. The highest BCUT2D eigenvalue weighted by Crippen LogP contribution is 2.45. The van der Waals surface area contributed by atoms with Crippen molar-refractivity contribution in [1.29, 1.82) is 0 Å². The first-order valence-electron chi connectivity index (χ1n) is 6.18. The quantitative estimate of drug-likeness (QED) is 0.704. The predicted molar refractivity (Wildman–Crippen MR) is 66.5 cm³/mol. The first kappa shape index (κ1) is 11.3. The highest BCUT2D eigenvalue weighted by atomic mass is 16.4. The first-order valence-corrected chi connectivity index (χ1v) is 6.18. The highest BCUT2D eigenvalue weighted by molar-refractivity contribution is 5.68. The minimum Gasteiger partial charge on any atom is -0.465 e. The lowest BCUT2D eigenvalue weighted by molar-refractivity contribution is 0.127. The number of carboxylic acid groups (broad SMARTS) is 1. The molecular formula is C13H16N2O3. The number of carbonyl (C=O) groups is 1. The molecule has 5 heteroatoms. The van der Waals surface area contributed by atoms with E-state index in [1.54, 1.807) is 0 Å². The minimum absolute atomic E-state index is 0.0307. The second kappa shape index (κ2) is 4.17. The smallest absolute Gasteiger partial charge is 0.407 e. The van der Waals surface area contributed by atoms with Gasteiger partial charge < -0.3 is 20.4 Å². The van der Waals surface area contributed by atoms with Gasteiger partial charge in [-0.2, -0.15) is 0 Å². The third-order valence-electron chi connectivity index (χ3n) is 4.02. The van der Waals surface area contributed by atoms with E-state index in [1.165, 1.54) is 4.90 Å². The van der Waals surface area contributed by atoms with Crippen LogP contribution in [0, 0.1) is 5.92 Å². The Labute approximate surface area is 105 Å². The molecule has 1 aromatic carbocycles. The molecule has 0 aromatic heterocycles. The third kappa shape index (κ3) is 1.54. The van der Waals surface area contributed by atoms with Gasteiger partial charge in [0.15, 0.2) is 0 Å². The Hall–Kier alpha value is -1.75. The number of aliphatic hydroxyl groups excluding tert-OH is 1. The summed E-state index contributed by atoms with van der Waals surface area (Å²) in [6.45, 7) is 0.570. The molecule has 3 rings (SSSR count). The Bertz CT molecular complexity index is 477. The van der Waals surface area contributed by atoms with Crippen LogP contribution in [-0.2, 0) is 0 Å². The van der Waals surface area contributed by atoms with Crippen molar-refractivity contribution < 1.29 is 15.0 Å². The Morgan fingerprint density at radius 3 is 2.94 bits per heavy atom. The van der Waals surface area contributed by atoms with Crippen molar-refractivity contribution in [3.63, 3.8) is 0 Å². The van der Waals surface area contributed by atoms with Gasteiger partial charge in [-0.15, -0.1) is 0 Å². The van der Waals surface area contributed by atoms with Gasteiger partial charge in [-0.05, 0) is 18.1 Å². The van der Waals surface area contributed by atoms with Gasteiger partial charge in [0.05, 0.1) is 18.7 Å². The number of rotatable bonds is 1. The molecule has 1 saturated heterocycles. The molecule has 2 aliphatic heterocycles. The average molecular weight is 248 g/mol. The van der Waals surface area contributed by atoms with Crippen molar-refractivity contribution >= 4 is 11.8 Å². The molecule has 3 atom stereocenters. The SMILES string of the molecule is O=C(O)N1CC[C@@H]2[C@H](CO)Nc3ccccc3[C@@H]21. The van der Waals surface area contributed by atoms with Crippen LogP contribution in [0.2, 0.25) is 0 Å². The van der Waals surface area contributed by atoms with E-state index < -0.39 is 6.09 Å². The van der Waals surface area contributed by atoms with Gasteiger partial charge in [0, 0.05) is 18.2 Å². The summed E-state index contributed by atoms with van der Waals surface area (Å²) in [5, 5.41) is 22.0. The van der Waals surface area contributed by atoms with E-state index in [2.05, 4.69) is 5.32 Å². The molecule has 0 spiro atoms. The van der Waals surface area contributed by atoms with Crippen molar-refractivity contribution in [3.8, 4) is 0 Å².